The number of H-pyrrole nitrogens is 2. The molecule has 2 rings (SSSR count). The molecule has 1 aromatic heterocycles. The summed E-state index contributed by atoms with van der Waals surface area (Å²) in [6.45, 7) is 0. The van der Waals surface area contributed by atoms with Gasteiger partial charge in [-0.15, -0.1) is 0 Å². The minimum Gasteiger partial charge on any atom is -0.479 e. The lowest BCUT2D eigenvalue weighted by Crippen LogP contribution is -2.65. The molecular formula is C10H10N4O6. The number of hydrogen-bond donors (Lipinski definition) is 5. The van der Waals surface area contributed by atoms with Gasteiger partial charge in [-0.1, -0.05) is 0 Å². The van der Waals surface area contributed by atoms with Crippen molar-refractivity contribution in [3.05, 3.63) is 32.6 Å². The maximum atomic E-state index is 11.4. The number of urea groups is 1. The van der Waals surface area contributed by atoms with Crippen molar-refractivity contribution < 1.29 is 19.5 Å². The van der Waals surface area contributed by atoms with Gasteiger partial charge in [0.25, 0.3) is 5.56 Å². The fourth-order valence-corrected chi connectivity index (χ4v) is 1.99. The Morgan fingerprint density at radius 3 is 2.50 bits per heavy atom. The first-order chi connectivity index (χ1) is 9.30. The lowest BCUT2D eigenvalue weighted by molar-refractivity contribution is -0.147. The standard InChI is InChI=1S/C10H10N4O6/c15-5-1-4(11-8(19)12-5)2-10(7(17)18)3-6(16)13-9(20)14-10/h1H,2-3H2,(H,17,18)(H2,11,12,15,19)(H2,13,14,16,20). The summed E-state index contributed by atoms with van der Waals surface area (Å²) < 4.78 is 0. The van der Waals surface area contributed by atoms with Gasteiger partial charge in [0.05, 0.1) is 6.42 Å². The average Bonchev–Trinajstić information content (AvgIpc) is 2.25. The molecule has 0 bridgehead atoms. The number of imide groups is 1. The topological polar surface area (TPSA) is 161 Å². The second-order valence-electron chi connectivity index (χ2n) is 4.36. The third-order valence-electron chi connectivity index (χ3n) is 2.79. The van der Waals surface area contributed by atoms with Crippen molar-refractivity contribution in [1.82, 2.24) is 20.6 Å². The molecule has 0 aliphatic carbocycles. The van der Waals surface area contributed by atoms with E-state index in [0.29, 0.717) is 0 Å². The zero-order chi connectivity index (χ0) is 14.9. The first-order valence-corrected chi connectivity index (χ1v) is 5.49. The van der Waals surface area contributed by atoms with Crippen molar-refractivity contribution in [3.8, 4) is 0 Å². The quantitative estimate of drug-likeness (QED) is 0.417. The summed E-state index contributed by atoms with van der Waals surface area (Å²) in [5, 5.41) is 13.3. The summed E-state index contributed by atoms with van der Waals surface area (Å²) >= 11 is 0. The molecule has 0 aromatic carbocycles. The van der Waals surface area contributed by atoms with Gasteiger partial charge < -0.3 is 15.4 Å². The predicted octanol–water partition coefficient (Wildman–Crippen LogP) is -2.34. The second-order valence-corrected chi connectivity index (χ2v) is 4.36. The number of nitrogens with one attached hydrogen (secondary N) is 4. The number of aliphatic carboxylic acids is 1. The highest BCUT2D eigenvalue weighted by molar-refractivity contribution is 6.03. The molecule has 5 N–H and O–H groups in total. The molecule has 1 aliphatic rings. The molecule has 3 amide bonds. The Kier molecular flexibility index (Phi) is 3.14. The van der Waals surface area contributed by atoms with E-state index in [2.05, 4.69) is 10.3 Å². The summed E-state index contributed by atoms with van der Waals surface area (Å²) in [5.41, 5.74) is -3.43. The van der Waals surface area contributed by atoms with E-state index in [1.54, 1.807) is 0 Å². The van der Waals surface area contributed by atoms with E-state index in [1.165, 1.54) is 0 Å². The molecule has 1 aromatic rings. The zero-order valence-electron chi connectivity index (χ0n) is 9.98. The van der Waals surface area contributed by atoms with E-state index in [0.717, 1.165) is 6.07 Å². The molecule has 10 heteroatoms. The van der Waals surface area contributed by atoms with Gasteiger partial charge in [0, 0.05) is 18.2 Å². The third kappa shape index (κ3) is 2.58. The van der Waals surface area contributed by atoms with Gasteiger partial charge in [0.2, 0.25) is 5.91 Å². The van der Waals surface area contributed by atoms with Crippen LogP contribution in [-0.4, -0.2) is 38.5 Å². The Hall–Kier alpha value is -2.91. The molecular weight excluding hydrogens is 272 g/mol. The summed E-state index contributed by atoms with van der Waals surface area (Å²) in [6.07, 6.45) is -0.913. The van der Waals surface area contributed by atoms with Crippen LogP contribution >= 0.6 is 0 Å². The number of carbonyl (C=O) groups is 3. The van der Waals surface area contributed by atoms with E-state index >= 15 is 0 Å². The molecule has 0 radical (unpaired) electrons. The van der Waals surface area contributed by atoms with E-state index in [1.807, 2.05) is 10.3 Å². The third-order valence-corrected chi connectivity index (χ3v) is 2.79. The number of carboxylic acid groups (broad SMARTS) is 1. The number of carbonyl (C=O) groups excluding carboxylic acids is 2. The van der Waals surface area contributed by atoms with Crippen LogP contribution < -0.4 is 21.9 Å². The Morgan fingerprint density at radius 2 is 1.95 bits per heavy atom. The molecule has 1 unspecified atom stereocenters. The lowest BCUT2D eigenvalue weighted by Gasteiger charge is -2.33. The van der Waals surface area contributed by atoms with Crippen LogP contribution in [0.1, 0.15) is 12.1 Å². The number of aromatic nitrogens is 2. The maximum absolute atomic E-state index is 11.4. The maximum Gasteiger partial charge on any atom is 0.330 e. The van der Waals surface area contributed by atoms with Gasteiger partial charge in [-0.25, -0.2) is 14.4 Å². The number of carboxylic acids is 1. The molecule has 1 saturated heterocycles. The van der Waals surface area contributed by atoms with Crippen LogP contribution in [0, 0.1) is 0 Å². The van der Waals surface area contributed by atoms with Gasteiger partial charge in [0.15, 0.2) is 5.54 Å². The molecule has 1 atom stereocenters. The fourth-order valence-electron chi connectivity index (χ4n) is 1.99. The average molecular weight is 282 g/mol. The van der Waals surface area contributed by atoms with Crippen LogP contribution in [0.4, 0.5) is 4.79 Å². The van der Waals surface area contributed by atoms with Crippen molar-refractivity contribution in [1.29, 1.82) is 0 Å². The molecule has 106 valence electrons. The predicted molar refractivity (Wildman–Crippen MR) is 63.0 cm³/mol. The number of hydrogen-bond acceptors (Lipinski definition) is 5. The highest BCUT2D eigenvalue weighted by Gasteiger charge is 2.46. The molecule has 20 heavy (non-hydrogen) atoms. The van der Waals surface area contributed by atoms with Gasteiger partial charge in [0.1, 0.15) is 0 Å². The van der Waals surface area contributed by atoms with Crippen molar-refractivity contribution >= 4 is 17.9 Å². The largest absolute Gasteiger partial charge is 0.479 e. The normalized spacial score (nSPS) is 22.0. The van der Waals surface area contributed by atoms with Crippen LogP contribution in [0.3, 0.4) is 0 Å². The Balaban J connectivity index is 2.41. The summed E-state index contributed by atoms with van der Waals surface area (Å²) in [6, 6.07) is 0.0425. The Morgan fingerprint density at radius 1 is 1.25 bits per heavy atom. The number of amides is 3. The van der Waals surface area contributed by atoms with Crippen LogP contribution in [0.15, 0.2) is 15.7 Å². The van der Waals surface area contributed by atoms with E-state index < -0.39 is 47.5 Å². The van der Waals surface area contributed by atoms with Gasteiger partial charge in [-0.2, -0.15) is 0 Å². The van der Waals surface area contributed by atoms with E-state index in [-0.39, 0.29) is 5.69 Å². The summed E-state index contributed by atoms with van der Waals surface area (Å²) in [5.74, 6) is -2.20. The van der Waals surface area contributed by atoms with Gasteiger partial charge in [-0.3, -0.25) is 19.9 Å². The fraction of sp³-hybridized carbons (Fsp3) is 0.300. The second kappa shape index (κ2) is 4.64. The van der Waals surface area contributed by atoms with Crippen LogP contribution in [0.2, 0.25) is 0 Å². The number of aromatic amines is 2. The van der Waals surface area contributed by atoms with Crippen LogP contribution in [-0.2, 0) is 16.0 Å². The first-order valence-electron chi connectivity index (χ1n) is 5.49. The number of rotatable bonds is 3. The molecule has 2 heterocycles. The Bertz CT molecular complexity index is 658. The van der Waals surface area contributed by atoms with Gasteiger partial charge >= 0.3 is 17.7 Å². The van der Waals surface area contributed by atoms with Gasteiger partial charge in [-0.05, 0) is 0 Å². The van der Waals surface area contributed by atoms with E-state index in [4.69, 9.17) is 0 Å². The zero-order valence-corrected chi connectivity index (χ0v) is 9.98. The first kappa shape index (κ1) is 13.5. The summed E-state index contributed by atoms with van der Waals surface area (Å²) in [7, 11) is 0. The summed E-state index contributed by atoms with van der Waals surface area (Å²) in [4.78, 5) is 60.5. The molecule has 0 spiro atoms. The molecule has 1 aliphatic heterocycles. The van der Waals surface area contributed by atoms with Crippen molar-refractivity contribution in [2.75, 3.05) is 0 Å². The van der Waals surface area contributed by atoms with Crippen LogP contribution in [0.25, 0.3) is 0 Å². The van der Waals surface area contributed by atoms with Crippen molar-refractivity contribution in [2.45, 2.75) is 18.4 Å². The van der Waals surface area contributed by atoms with Crippen molar-refractivity contribution in [3.63, 3.8) is 0 Å². The SMILES string of the molecule is O=C1CC(Cc2cc(=O)[nH]c(=O)[nH]2)(C(=O)O)NC(=O)N1. The molecule has 10 nitrogen and oxygen atoms in total. The highest BCUT2D eigenvalue weighted by Crippen LogP contribution is 2.19. The lowest BCUT2D eigenvalue weighted by atomic mass is 9.88. The smallest absolute Gasteiger partial charge is 0.330 e. The minimum atomic E-state index is -1.91. The van der Waals surface area contributed by atoms with Crippen LogP contribution in [0.5, 0.6) is 0 Å². The molecule has 1 fully saturated rings. The van der Waals surface area contributed by atoms with Crippen molar-refractivity contribution in [2.24, 2.45) is 0 Å². The highest BCUT2D eigenvalue weighted by atomic mass is 16.4. The molecule has 0 saturated carbocycles. The monoisotopic (exact) mass is 282 g/mol. The Labute approximate surface area is 110 Å². The minimum absolute atomic E-state index is 0.00356. The van der Waals surface area contributed by atoms with E-state index in [9.17, 15) is 29.1 Å².